The lowest BCUT2D eigenvalue weighted by molar-refractivity contribution is -0.119. The smallest absolute Gasteiger partial charge is 0.228 e. The van der Waals surface area contributed by atoms with E-state index in [2.05, 4.69) is 55.5 Å². The minimum Gasteiger partial charge on any atom is -0.311 e. The molecule has 0 bridgehead atoms. The maximum atomic E-state index is 12.3. The first kappa shape index (κ1) is 16.7. The molecule has 128 valence electrons. The van der Waals surface area contributed by atoms with E-state index in [0.29, 0.717) is 6.54 Å². The van der Waals surface area contributed by atoms with Crippen LogP contribution in [-0.2, 0) is 16.8 Å². The summed E-state index contributed by atoms with van der Waals surface area (Å²) in [5, 5.41) is 7.41. The Hall–Kier alpha value is -2.10. The fourth-order valence-electron chi connectivity index (χ4n) is 3.26. The fraction of sp³-hybridized carbons (Fsp3) is 0.500. The van der Waals surface area contributed by atoms with Crippen molar-refractivity contribution in [2.24, 2.45) is 5.92 Å². The van der Waals surface area contributed by atoms with E-state index in [4.69, 9.17) is 0 Å². The Kier molecular flexibility index (Phi) is 4.74. The van der Waals surface area contributed by atoms with E-state index in [0.717, 1.165) is 31.5 Å². The molecule has 1 N–H and O–H groups in total. The summed E-state index contributed by atoms with van der Waals surface area (Å²) in [6, 6.07) is 10.5. The van der Waals surface area contributed by atoms with Crippen molar-refractivity contribution in [3.8, 4) is 0 Å². The summed E-state index contributed by atoms with van der Waals surface area (Å²) in [5.41, 5.74) is 2.66. The molecule has 1 saturated carbocycles. The van der Waals surface area contributed by atoms with Gasteiger partial charge in [0.25, 0.3) is 0 Å². The number of hydrogen-bond donors (Lipinski definition) is 1. The quantitative estimate of drug-likeness (QED) is 0.908. The predicted octanol–water partition coefficient (Wildman–Crippen LogP) is 4.36. The van der Waals surface area contributed by atoms with Crippen LogP contribution >= 0.6 is 0 Å². The summed E-state index contributed by atoms with van der Waals surface area (Å²) in [6.45, 7) is 7.31. The van der Waals surface area contributed by atoms with Crippen LogP contribution in [0.2, 0.25) is 0 Å². The minimum absolute atomic E-state index is 0.136. The Balaban J connectivity index is 1.68. The molecular formula is C20H27N3O. The van der Waals surface area contributed by atoms with Crippen molar-refractivity contribution in [1.29, 1.82) is 0 Å². The highest BCUT2D eigenvalue weighted by Gasteiger charge is 2.23. The summed E-state index contributed by atoms with van der Waals surface area (Å²) in [6.07, 6.45) is 6.09. The van der Waals surface area contributed by atoms with Crippen molar-refractivity contribution in [1.82, 2.24) is 9.78 Å². The van der Waals surface area contributed by atoms with Crippen LogP contribution in [-0.4, -0.2) is 15.7 Å². The van der Waals surface area contributed by atoms with E-state index in [1.54, 1.807) is 6.20 Å². The largest absolute Gasteiger partial charge is 0.311 e. The SMILES string of the molecule is CC(C)(C)c1ccc(Cn2nccc2NC(=O)C2CCCC2)cc1. The third-order valence-electron chi connectivity index (χ3n) is 4.85. The zero-order valence-electron chi connectivity index (χ0n) is 14.9. The van der Waals surface area contributed by atoms with Crippen LogP contribution in [0.5, 0.6) is 0 Å². The van der Waals surface area contributed by atoms with Gasteiger partial charge in [0, 0.05) is 12.0 Å². The molecule has 2 aromatic rings. The molecule has 24 heavy (non-hydrogen) atoms. The second-order valence-electron chi connectivity index (χ2n) is 7.79. The average Bonchev–Trinajstić information content (AvgIpc) is 3.19. The third kappa shape index (κ3) is 3.86. The molecule has 1 aliphatic rings. The van der Waals surface area contributed by atoms with Gasteiger partial charge in [-0.3, -0.25) is 4.79 Å². The summed E-state index contributed by atoms with van der Waals surface area (Å²) in [4.78, 5) is 12.3. The number of amides is 1. The normalized spacial score (nSPS) is 15.6. The van der Waals surface area contributed by atoms with Crippen LogP contribution in [0.3, 0.4) is 0 Å². The molecule has 1 amide bonds. The van der Waals surface area contributed by atoms with Gasteiger partial charge in [-0.1, -0.05) is 57.9 Å². The zero-order valence-corrected chi connectivity index (χ0v) is 14.9. The molecule has 1 heterocycles. The summed E-state index contributed by atoms with van der Waals surface area (Å²) < 4.78 is 1.86. The molecule has 3 rings (SSSR count). The van der Waals surface area contributed by atoms with E-state index in [1.165, 1.54) is 11.1 Å². The number of benzene rings is 1. The Morgan fingerprint density at radius 1 is 1.17 bits per heavy atom. The van der Waals surface area contributed by atoms with Crippen molar-refractivity contribution in [3.05, 3.63) is 47.7 Å². The van der Waals surface area contributed by atoms with Crippen LogP contribution in [0.1, 0.15) is 57.6 Å². The second-order valence-corrected chi connectivity index (χ2v) is 7.79. The van der Waals surface area contributed by atoms with Gasteiger partial charge in [0.1, 0.15) is 5.82 Å². The number of anilines is 1. The summed E-state index contributed by atoms with van der Waals surface area (Å²) >= 11 is 0. The van der Waals surface area contributed by atoms with Crippen LogP contribution in [0, 0.1) is 5.92 Å². The van der Waals surface area contributed by atoms with E-state index in [-0.39, 0.29) is 17.2 Å². The molecule has 0 aliphatic heterocycles. The number of nitrogens with zero attached hydrogens (tertiary/aromatic N) is 2. The van der Waals surface area contributed by atoms with Crippen LogP contribution in [0.25, 0.3) is 0 Å². The number of carbonyl (C=O) groups is 1. The van der Waals surface area contributed by atoms with Crippen LogP contribution < -0.4 is 5.32 Å². The number of nitrogens with one attached hydrogen (secondary N) is 1. The lowest BCUT2D eigenvalue weighted by Crippen LogP contribution is -2.22. The molecule has 0 unspecified atom stereocenters. The van der Waals surface area contributed by atoms with Gasteiger partial charge in [-0.05, 0) is 29.4 Å². The van der Waals surface area contributed by atoms with Gasteiger partial charge in [0.05, 0.1) is 12.7 Å². The maximum Gasteiger partial charge on any atom is 0.228 e. The zero-order chi connectivity index (χ0) is 17.2. The number of rotatable bonds is 4. The fourth-order valence-corrected chi connectivity index (χ4v) is 3.26. The van der Waals surface area contributed by atoms with Crippen LogP contribution in [0.4, 0.5) is 5.82 Å². The lowest BCUT2D eigenvalue weighted by Gasteiger charge is -2.19. The highest BCUT2D eigenvalue weighted by molar-refractivity contribution is 5.91. The second kappa shape index (κ2) is 6.80. The molecule has 1 aliphatic carbocycles. The number of hydrogen-bond acceptors (Lipinski definition) is 2. The third-order valence-corrected chi connectivity index (χ3v) is 4.85. The molecule has 0 saturated heterocycles. The summed E-state index contributed by atoms with van der Waals surface area (Å²) in [7, 11) is 0. The van der Waals surface area contributed by atoms with Gasteiger partial charge >= 0.3 is 0 Å². The Labute approximate surface area is 144 Å². The van der Waals surface area contributed by atoms with Gasteiger partial charge in [-0.15, -0.1) is 0 Å². The van der Waals surface area contributed by atoms with Crippen molar-refractivity contribution < 1.29 is 4.79 Å². The predicted molar refractivity (Wildman–Crippen MR) is 97.1 cm³/mol. The van der Waals surface area contributed by atoms with E-state index in [9.17, 15) is 4.79 Å². The van der Waals surface area contributed by atoms with E-state index < -0.39 is 0 Å². The first-order chi connectivity index (χ1) is 11.4. The van der Waals surface area contributed by atoms with Crippen molar-refractivity contribution >= 4 is 11.7 Å². The molecule has 4 nitrogen and oxygen atoms in total. The van der Waals surface area contributed by atoms with Gasteiger partial charge in [0.15, 0.2) is 0 Å². The van der Waals surface area contributed by atoms with Gasteiger partial charge < -0.3 is 5.32 Å². The van der Waals surface area contributed by atoms with E-state index in [1.807, 2.05) is 10.7 Å². The highest BCUT2D eigenvalue weighted by atomic mass is 16.2. The van der Waals surface area contributed by atoms with Crippen LogP contribution in [0.15, 0.2) is 36.5 Å². The maximum absolute atomic E-state index is 12.3. The topological polar surface area (TPSA) is 46.9 Å². The number of carbonyl (C=O) groups excluding carboxylic acids is 1. The monoisotopic (exact) mass is 325 g/mol. The molecule has 0 spiro atoms. The first-order valence-electron chi connectivity index (χ1n) is 8.85. The molecule has 0 radical (unpaired) electrons. The molecular weight excluding hydrogens is 298 g/mol. The van der Waals surface area contributed by atoms with Gasteiger partial charge in [-0.25, -0.2) is 4.68 Å². The van der Waals surface area contributed by atoms with Gasteiger partial charge in [-0.2, -0.15) is 5.10 Å². The molecule has 0 atom stereocenters. The Morgan fingerprint density at radius 3 is 2.46 bits per heavy atom. The minimum atomic E-state index is 0.136. The van der Waals surface area contributed by atoms with Crippen molar-refractivity contribution in [2.75, 3.05) is 5.32 Å². The Morgan fingerprint density at radius 2 is 1.83 bits per heavy atom. The molecule has 4 heteroatoms. The standard InChI is InChI=1S/C20H27N3O/c1-20(2,3)17-10-8-15(9-11-17)14-23-18(12-13-21-23)22-19(24)16-6-4-5-7-16/h8-13,16H,4-7,14H2,1-3H3,(H,22,24). The first-order valence-corrected chi connectivity index (χ1v) is 8.85. The number of aromatic nitrogens is 2. The van der Waals surface area contributed by atoms with Gasteiger partial charge in [0.2, 0.25) is 5.91 Å². The molecule has 1 aromatic carbocycles. The molecule has 1 aromatic heterocycles. The lowest BCUT2D eigenvalue weighted by atomic mass is 9.87. The van der Waals surface area contributed by atoms with Crippen molar-refractivity contribution in [2.45, 2.75) is 58.4 Å². The Bertz CT molecular complexity index is 688. The van der Waals surface area contributed by atoms with Crippen molar-refractivity contribution in [3.63, 3.8) is 0 Å². The average molecular weight is 325 g/mol. The molecule has 1 fully saturated rings. The summed E-state index contributed by atoms with van der Waals surface area (Å²) in [5.74, 6) is 1.09. The van der Waals surface area contributed by atoms with E-state index >= 15 is 0 Å². The highest BCUT2D eigenvalue weighted by Crippen LogP contribution is 2.26.